The van der Waals surface area contributed by atoms with E-state index in [1.165, 1.54) is 6.33 Å². The normalized spacial score (nSPS) is 17.2. The number of hydrogen-bond acceptors (Lipinski definition) is 8. The van der Waals surface area contributed by atoms with Crippen LogP contribution in [0.3, 0.4) is 0 Å². The van der Waals surface area contributed by atoms with Crippen LogP contribution in [0.2, 0.25) is 0 Å². The fourth-order valence-electron chi connectivity index (χ4n) is 4.31. The molecule has 0 bridgehead atoms. The number of pyridine rings is 1. The van der Waals surface area contributed by atoms with Crippen LogP contribution in [0.15, 0.2) is 35.4 Å². The number of aliphatic carboxylic acids is 1. The summed E-state index contributed by atoms with van der Waals surface area (Å²) in [5, 5.41) is 23.2. The zero-order chi connectivity index (χ0) is 24.9. The van der Waals surface area contributed by atoms with E-state index in [9.17, 15) is 18.3 Å². The van der Waals surface area contributed by atoms with Gasteiger partial charge in [0.05, 0.1) is 28.9 Å². The predicted molar refractivity (Wildman–Crippen MR) is 116 cm³/mol. The molecule has 0 aromatic carbocycles. The van der Waals surface area contributed by atoms with Crippen molar-refractivity contribution in [3.05, 3.63) is 47.9 Å². The number of nitrogens with two attached hydrogens (primary N) is 1. The van der Waals surface area contributed by atoms with Crippen molar-refractivity contribution in [1.82, 2.24) is 24.7 Å². The number of aliphatic hydroxyl groups is 1. The number of carbonyl (C=O) groups is 1. The first-order valence-corrected chi connectivity index (χ1v) is 10.7. The fourth-order valence-corrected chi connectivity index (χ4v) is 4.31. The van der Waals surface area contributed by atoms with Gasteiger partial charge in [-0.05, 0) is 37.8 Å². The highest BCUT2D eigenvalue weighted by molar-refractivity contribution is 6.03. The Morgan fingerprint density at radius 1 is 1.23 bits per heavy atom. The molecule has 1 atom stereocenters. The second-order valence-electron chi connectivity index (χ2n) is 8.27. The summed E-state index contributed by atoms with van der Waals surface area (Å²) in [4.78, 5) is 21.9. The van der Waals surface area contributed by atoms with Crippen LogP contribution in [0.4, 0.5) is 19.0 Å². The number of alkyl halides is 3. The van der Waals surface area contributed by atoms with Crippen LogP contribution in [-0.2, 0) is 11.2 Å². The number of nitrogen functional groups attached to an aromatic ring is 1. The molecule has 13 heteroatoms. The Kier molecular flexibility index (Phi) is 5.43. The molecule has 0 radical (unpaired) electrons. The Bertz CT molecular complexity index is 1410. The van der Waals surface area contributed by atoms with Crippen molar-refractivity contribution >= 4 is 22.8 Å². The van der Waals surface area contributed by atoms with Crippen molar-refractivity contribution < 1.29 is 32.7 Å². The van der Waals surface area contributed by atoms with Gasteiger partial charge in [0, 0.05) is 23.4 Å². The van der Waals surface area contributed by atoms with Crippen LogP contribution in [0.5, 0.6) is 0 Å². The van der Waals surface area contributed by atoms with E-state index in [1.54, 1.807) is 12.4 Å². The second-order valence-corrected chi connectivity index (χ2v) is 8.27. The first-order valence-electron chi connectivity index (χ1n) is 10.7. The lowest BCUT2D eigenvalue weighted by Gasteiger charge is -2.11. The number of aromatic nitrogens is 5. The molecule has 0 saturated heterocycles. The highest BCUT2D eigenvalue weighted by atomic mass is 19.4. The number of nitrogens with zero attached hydrogens (tertiary/aromatic N) is 5. The highest BCUT2D eigenvalue weighted by Gasteiger charge is 2.39. The summed E-state index contributed by atoms with van der Waals surface area (Å²) < 4.78 is 39.5. The number of carboxylic acids is 1. The number of fused-ring (bicyclic) bond motifs is 5. The molecule has 182 valence electrons. The van der Waals surface area contributed by atoms with Crippen LogP contribution in [-0.4, -0.2) is 47.0 Å². The van der Waals surface area contributed by atoms with E-state index in [0.29, 0.717) is 35.9 Å². The zero-order valence-corrected chi connectivity index (χ0v) is 18.0. The van der Waals surface area contributed by atoms with Gasteiger partial charge in [0.25, 0.3) is 0 Å². The Balaban J connectivity index is 0.000000320. The quantitative estimate of drug-likeness (QED) is 0.384. The summed E-state index contributed by atoms with van der Waals surface area (Å²) in [6, 6.07) is 3.86. The van der Waals surface area contributed by atoms with E-state index in [0.717, 1.165) is 46.5 Å². The highest BCUT2D eigenvalue weighted by Crippen LogP contribution is 2.50. The van der Waals surface area contributed by atoms with Crippen LogP contribution in [0.1, 0.15) is 48.3 Å². The van der Waals surface area contributed by atoms with E-state index in [4.69, 9.17) is 20.2 Å². The SMILES string of the molecule is Nc1ncnc2c1c1c(n2-c2cccnc2)CCC(O)c2c-1noc2C1CC1.O=C(O)C(F)(F)F. The maximum absolute atomic E-state index is 10.9. The van der Waals surface area contributed by atoms with E-state index in [2.05, 4.69) is 20.1 Å². The van der Waals surface area contributed by atoms with Gasteiger partial charge in [-0.1, -0.05) is 5.16 Å². The molecule has 2 aliphatic carbocycles. The molecule has 4 aromatic heterocycles. The van der Waals surface area contributed by atoms with Crippen molar-refractivity contribution in [3.8, 4) is 16.9 Å². The molecule has 1 saturated carbocycles. The summed E-state index contributed by atoms with van der Waals surface area (Å²) in [5.41, 5.74) is 11.2. The maximum Gasteiger partial charge on any atom is 0.490 e. The topological polar surface area (TPSA) is 153 Å². The Labute approximate surface area is 195 Å². The summed E-state index contributed by atoms with van der Waals surface area (Å²) in [6.07, 6.45) is 2.67. The Morgan fingerprint density at radius 2 is 1.97 bits per heavy atom. The van der Waals surface area contributed by atoms with Crippen LogP contribution in [0, 0.1) is 0 Å². The number of aliphatic hydroxyl groups excluding tert-OH is 1. The molecule has 4 aromatic rings. The van der Waals surface area contributed by atoms with Gasteiger partial charge in [0.2, 0.25) is 0 Å². The third-order valence-electron chi connectivity index (χ3n) is 5.95. The average Bonchev–Trinajstić information content (AvgIpc) is 3.51. The standard InChI is InChI=1S/C20H18N6O2.C2HF3O2/c21-19-16-14-12(26(20(16)24-9-23-19)11-2-1-7-22-8-11)5-6-13(27)15-17(14)25-28-18(15)10-3-4-10;3-2(4,5)1(6)7/h1-2,7-10,13,27H,3-6H2,(H2,21,23,24);(H,6,7). The van der Waals surface area contributed by atoms with Crippen LogP contribution in [0.25, 0.3) is 28.0 Å². The van der Waals surface area contributed by atoms with E-state index < -0.39 is 18.2 Å². The third kappa shape index (κ3) is 3.97. The first kappa shape index (κ1) is 22.8. The molecule has 0 aliphatic heterocycles. The molecule has 0 spiro atoms. The Hall–Kier alpha value is -4.00. The second kappa shape index (κ2) is 8.34. The van der Waals surface area contributed by atoms with Gasteiger partial charge in [-0.25, -0.2) is 14.8 Å². The van der Waals surface area contributed by atoms with Crippen LogP contribution >= 0.6 is 0 Å². The average molecular weight is 488 g/mol. The molecule has 6 rings (SSSR count). The monoisotopic (exact) mass is 488 g/mol. The minimum atomic E-state index is -5.08. The number of hydrogen-bond donors (Lipinski definition) is 3. The van der Waals surface area contributed by atoms with Gasteiger partial charge >= 0.3 is 12.1 Å². The molecular formula is C22H19F3N6O4. The molecule has 1 unspecified atom stereocenters. The minimum absolute atomic E-state index is 0.354. The lowest BCUT2D eigenvalue weighted by Crippen LogP contribution is -2.21. The molecule has 1 fully saturated rings. The van der Waals surface area contributed by atoms with Crippen molar-refractivity contribution in [2.75, 3.05) is 5.73 Å². The van der Waals surface area contributed by atoms with Gasteiger partial charge in [0.15, 0.2) is 5.65 Å². The fraction of sp³-hybridized carbons (Fsp3) is 0.318. The first-order chi connectivity index (χ1) is 16.7. The molecule has 35 heavy (non-hydrogen) atoms. The summed E-state index contributed by atoms with van der Waals surface area (Å²) >= 11 is 0. The van der Waals surface area contributed by atoms with E-state index in [1.807, 2.05) is 16.7 Å². The number of rotatable bonds is 2. The van der Waals surface area contributed by atoms with E-state index >= 15 is 0 Å². The summed E-state index contributed by atoms with van der Waals surface area (Å²) in [6.45, 7) is 0. The molecule has 2 aliphatic rings. The largest absolute Gasteiger partial charge is 0.490 e. The van der Waals surface area contributed by atoms with Crippen molar-refractivity contribution in [1.29, 1.82) is 0 Å². The van der Waals surface area contributed by atoms with Gasteiger partial charge in [0.1, 0.15) is 23.6 Å². The van der Waals surface area contributed by atoms with Crippen molar-refractivity contribution in [3.63, 3.8) is 0 Å². The number of carboxylic acid groups (broad SMARTS) is 1. The number of anilines is 1. The van der Waals surface area contributed by atoms with Crippen molar-refractivity contribution in [2.45, 2.75) is 43.9 Å². The lowest BCUT2D eigenvalue weighted by atomic mass is 10.0. The smallest absolute Gasteiger partial charge is 0.475 e. The maximum atomic E-state index is 10.9. The Morgan fingerprint density at radius 3 is 2.60 bits per heavy atom. The van der Waals surface area contributed by atoms with Crippen molar-refractivity contribution in [2.24, 2.45) is 0 Å². The molecule has 4 N–H and O–H groups in total. The molecule has 0 amide bonds. The lowest BCUT2D eigenvalue weighted by molar-refractivity contribution is -0.192. The zero-order valence-electron chi connectivity index (χ0n) is 18.0. The third-order valence-corrected chi connectivity index (χ3v) is 5.95. The van der Waals surface area contributed by atoms with Gasteiger partial charge in [-0.15, -0.1) is 0 Å². The summed E-state index contributed by atoms with van der Waals surface area (Å²) in [7, 11) is 0. The van der Waals surface area contributed by atoms with Gasteiger partial charge in [-0.2, -0.15) is 13.2 Å². The van der Waals surface area contributed by atoms with Crippen LogP contribution < -0.4 is 5.73 Å². The van der Waals surface area contributed by atoms with Gasteiger partial charge in [-0.3, -0.25) is 9.55 Å². The number of halogens is 3. The minimum Gasteiger partial charge on any atom is -0.475 e. The molecule has 10 nitrogen and oxygen atoms in total. The van der Waals surface area contributed by atoms with Gasteiger partial charge < -0.3 is 20.5 Å². The molecular weight excluding hydrogens is 469 g/mol. The molecule has 4 heterocycles. The van der Waals surface area contributed by atoms with E-state index in [-0.39, 0.29) is 0 Å². The predicted octanol–water partition coefficient (Wildman–Crippen LogP) is 3.54. The summed E-state index contributed by atoms with van der Waals surface area (Å²) in [5.74, 6) is -1.20.